The Kier molecular flexibility index (Phi) is 8.03. The maximum absolute atomic E-state index is 13.5. The first-order chi connectivity index (χ1) is 15.4. The van der Waals surface area contributed by atoms with E-state index in [1.54, 1.807) is 32.1 Å². The number of rotatable bonds is 7. The minimum absolute atomic E-state index is 0.00808. The number of guanidine groups is 1. The van der Waals surface area contributed by atoms with Crippen molar-refractivity contribution in [3.8, 4) is 0 Å². The lowest BCUT2D eigenvalue weighted by atomic mass is 10.1. The zero-order valence-corrected chi connectivity index (χ0v) is 18.9. The average Bonchev–Trinajstić information content (AvgIpc) is 3.26. The summed E-state index contributed by atoms with van der Waals surface area (Å²) in [5.74, 6) is -0.541. The molecule has 1 aliphatic heterocycles. The molecule has 6 nitrogen and oxygen atoms in total. The molecule has 0 radical (unpaired) electrons. The fourth-order valence-electron chi connectivity index (χ4n) is 3.82. The van der Waals surface area contributed by atoms with Crippen LogP contribution in [0.5, 0.6) is 0 Å². The van der Waals surface area contributed by atoms with Crippen LogP contribution in [-0.4, -0.2) is 64.1 Å². The van der Waals surface area contributed by atoms with Crippen LogP contribution in [0.4, 0.5) is 14.5 Å². The van der Waals surface area contributed by atoms with Crippen molar-refractivity contribution in [3.05, 3.63) is 65.2 Å². The van der Waals surface area contributed by atoms with Crippen molar-refractivity contribution < 1.29 is 13.6 Å². The van der Waals surface area contributed by atoms with Gasteiger partial charge in [0.25, 0.3) is 5.91 Å². The Morgan fingerprint density at radius 3 is 2.69 bits per heavy atom. The van der Waals surface area contributed by atoms with Gasteiger partial charge in [-0.25, -0.2) is 8.78 Å². The molecule has 0 aliphatic carbocycles. The molecule has 8 heteroatoms. The minimum Gasteiger partial charge on any atom is -0.371 e. The summed E-state index contributed by atoms with van der Waals surface area (Å²) in [7, 11) is 5.22. The topological polar surface area (TPSA) is 60.0 Å². The molecule has 32 heavy (non-hydrogen) atoms. The Hall–Kier alpha value is -3.16. The van der Waals surface area contributed by atoms with Gasteiger partial charge in [-0.2, -0.15) is 0 Å². The fourth-order valence-corrected chi connectivity index (χ4v) is 3.82. The van der Waals surface area contributed by atoms with Gasteiger partial charge in [-0.1, -0.05) is 12.1 Å². The van der Waals surface area contributed by atoms with Crippen molar-refractivity contribution in [1.29, 1.82) is 0 Å². The molecule has 1 aliphatic rings. The second-order valence-electron chi connectivity index (χ2n) is 8.23. The van der Waals surface area contributed by atoms with E-state index in [0.29, 0.717) is 23.7 Å². The normalized spacial score (nSPS) is 16.2. The highest BCUT2D eigenvalue weighted by Gasteiger charge is 2.23. The molecule has 0 aromatic heterocycles. The molecular weight excluding hydrogens is 412 g/mol. The number of carbonyl (C=O) groups is 1. The molecular formula is C24H31F2N5O. The Labute approximate surface area is 188 Å². The van der Waals surface area contributed by atoms with E-state index in [0.717, 1.165) is 44.0 Å². The van der Waals surface area contributed by atoms with E-state index in [2.05, 4.69) is 20.5 Å². The van der Waals surface area contributed by atoms with E-state index in [1.165, 1.54) is 12.1 Å². The van der Waals surface area contributed by atoms with Crippen LogP contribution in [0.2, 0.25) is 0 Å². The third kappa shape index (κ3) is 6.18. The molecule has 0 bridgehead atoms. The molecule has 3 rings (SSSR count). The lowest BCUT2D eigenvalue weighted by Gasteiger charge is -2.19. The van der Waals surface area contributed by atoms with Crippen LogP contribution in [0.15, 0.2) is 47.5 Å². The van der Waals surface area contributed by atoms with E-state index in [1.807, 2.05) is 24.3 Å². The Balaban J connectivity index is 1.43. The largest absolute Gasteiger partial charge is 0.371 e. The number of nitrogens with zero attached hydrogens (tertiary/aromatic N) is 3. The zero-order valence-electron chi connectivity index (χ0n) is 18.9. The molecule has 172 valence electrons. The average molecular weight is 444 g/mol. The third-order valence-corrected chi connectivity index (χ3v) is 5.62. The van der Waals surface area contributed by atoms with Crippen molar-refractivity contribution in [2.24, 2.45) is 10.9 Å². The van der Waals surface area contributed by atoms with Gasteiger partial charge in [0.05, 0.1) is 0 Å². The molecule has 2 aromatic rings. The van der Waals surface area contributed by atoms with Crippen molar-refractivity contribution in [2.75, 3.05) is 52.2 Å². The van der Waals surface area contributed by atoms with Gasteiger partial charge in [-0.05, 0) is 48.6 Å². The molecule has 2 N–H and O–H groups in total. The van der Waals surface area contributed by atoms with Gasteiger partial charge in [0.1, 0.15) is 0 Å². The summed E-state index contributed by atoms with van der Waals surface area (Å²) >= 11 is 0. The summed E-state index contributed by atoms with van der Waals surface area (Å²) < 4.78 is 26.7. The van der Waals surface area contributed by atoms with Crippen molar-refractivity contribution in [2.45, 2.75) is 12.8 Å². The van der Waals surface area contributed by atoms with Crippen molar-refractivity contribution in [3.63, 3.8) is 0 Å². The lowest BCUT2D eigenvalue weighted by Crippen LogP contribution is -2.41. The smallest absolute Gasteiger partial charge is 0.253 e. The van der Waals surface area contributed by atoms with Crippen molar-refractivity contribution in [1.82, 2.24) is 15.5 Å². The molecule has 2 aromatic carbocycles. The molecule has 1 saturated heterocycles. The number of hydrogen-bond acceptors (Lipinski definition) is 3. The summed E-state index contributed by atoms with van der Waals surface area (Å²) in [5.41, 5.74) is 2.48. The van der Waals surface area contributed by atoms with Crippen molar-refractivity contribution >= 4 is 17.6 Å². The zero-order chi connectivity index (χ0) is 23.1. The van der Waals surface area contributed by atoms with Crippen LogP contribution < -0.4 is 15.5 Å². The summed E-state index contributed by atoms with van der Waals surface area (Å²) in [5, 5.41) is 6.66. The van der Waals surface area contributed by atoms with E-state index in [-0.39, 0.29) is 5.91 Å². The molecule has 1 unspecified atom stereocenters. The summed E-state index contributed by atoms with van der Waals surface area (Å²) in [4.78, 5) is 20.0. The van der Waals surface area contributed by atoms with Gasteiger partial charge >= 0.3 is 0 Å². The number of hydrogen-bond donors (Lipinski definition) is 2. The van der Waals surface area contributed by atoms with Gasteiger partial charge in [0.2, 0.25) is 0 Å². The number of aliphatic imine (C=N–C) groups is 1. The molecule has 1 fully saturated rings. The summed E-state index contributed by atoms with van der Waals surface area (Å²) in [6.07, 6.45) is 1.73. The van der Waals surface area contributed by atoms with Crippen LogP contribution >= 0.6 is 0 Å². The van der Waals surface area contributed by atoms with Crippen LogP contribution in [0.25, 0.3) is 0 Å². The maximum Gasteiger partial charge on any atom is 0.253 e. The molecule has 0 spiro atoms. The van der Waals surface area contributed by atoms with Gasteiger partial charge < -0.3 is 20.4 Å². The Morgan fingerprint density at radius 2 is 1.97 bits per heavy atom. The number of amides is 1. The van der Waals surface area contributed by atoms with E-state index in [9.17, 15) is 13.6 Å². The SMILES string of the molecule is CN=C(NCCc1cccc(C(=O)N(C)C)c1)NCC1CCN(c2ccc(F)c(F)c2)C1. The van der Waals surface area contributed by atoms with Gasteiger partial charge in [0.15, 0.2) is 17.6 Å². The predicted octanol–water partition coefficient (Wildman–Crippen LogP) is 2.90. The maximum atomic E-state index is 13.5. The molecule has 1 amide bonds. The first kappa shape index (κ1) is 23.5. The number of nitrogens with one attached hydrogen (secondary N) is 2. The third-order valence-electron chi connectivity index (χ3n) is 5.62. The highest BCUT2D eigenvalue weighted by atomic mass is 19.2. The monoisotopic (exact) mass is 443 g/mol. The Bertz CT molecular complexity index is 963. The number of carbonyl (C=O) groups excluding carboxylic acids is 1. The van der Waals surface area contributed by atoms with Gasteiger partial charge in [0, 0.05) is 64.6 Å². The lowest BCUT2D eigenvalue weighted by molar-refractivity contribution is 0.0827. The first-order valence-electron chi connectivity index (χ1n) is 10.8. The fraction of sp³-hybridized carbons (Fsp3) is 0.417. The standard InChI is InChI=1S/C24H31F2N5O/c1-27-24(28-11-9-17-5-4-6-19(13-17)23(32)30(2)3)29-15-18-10-12-31(16-18)20-7-8-21(25)22(26)14-20/h4-8,13-14,18H,9-12,15-16H2,1-3H3,(H2,27,28,29). The van der Waals surface area contributed by atoms with Crippen LogP contribution in [0.1, 0.15) is 22.3 Å². The minimum atomic E-state index is -0.822. The van der Waals surface area contributed by atoms with Gasteiger partial charge in [-0.15, -0.1) is 0 Å². The quantitative estimate of drug-likeness (QED) is 0.510. The Morgan fingerprint density at radius 1 is 1.16 bits per heavy atom. The molecule has 1 atom stereocenters. The molecule has 0 saturated carbocycles. The van der Waals surface area contributed by atoms with Crippen LogP contribution in [0.3, 0.4) is 0 Å². The predicted molar refractivity (Wildman–Crippen MR) is 124 cm³/mol. The van der Waals surface area contributed by atoms with Crippen LogP contribution in [-0.2, 0) is 6.42 Å². The number of benzene rings is 2. The second kappa shape index (κ2) is 10.9. The first-order valence-corrected chi connectivity index (χ1v) is 10.8. The van der Waals surface area contributed by atoms with E-state index < -0.39 is 11.6 Å². The van der Waals surface area contributed by atoms with E-state index in [4.69, 9.17) is 0 Å². The highest BCUT2D eigenvalue weighted by Crippen LogP contribution is 2.25. The summed E-state index contributed by atoms with van der Waals surface area (Å²) in [6.45, 7) is 3.02. The molecule has 1 heterocycles. The number of anilines is 1. The van der Waals surface area contributed by atoms with Crippen LogP contribution in [0, 0.1) is 17.6 Å². The number of halogens is 2. The highest BCUT2D eigenvalue weighted by molar-refractivity contribution is 5.94. The van der Waals surface area contributed by atoms with Gasteiger partial charge in [-0.3, -0.25) is 9.79 Å². The van der Waals surface area contributed by atoms with E-state index >= 15 is 0 Å². The second-order valence-corrected chi connectivity index (χ2v) is 8.23. The summed E-state index contributed by atoms with van der Waals surface area (Å²) in [6, 6.07) is 11.7.